The molecule has 22 heavy (non-hydrogen) atoms. The molecule has 0 aliphatic heterocycles. The van der Waals surface area contributed by atoms with E-state index in [4.69, 9.17) is 0 Å². The topological polar surface area (TPSA) is 46.4 Å². The Morgan fingerprint density at radius 1 is 1.05 bits per heavy atom. The van der Waals surface area contributed by atoms with Crippen LogP contribution in [0, 0.1) is 17.0 Å². The van der Waals surface area contributed by atoms with Gasteiger partial charge in [0, 0.05) is 30.6 Å². The zero-order chi connectivity index (χ0) is 16.5. The van der Waals surface area contributed by atoms with E-state index in [9.17, 15) is 10.1 Å². The van der Waals surface area contributed by atoms with Crippen molar-refractivity contribution < 1.29 is 4.92 Å². The molecule has 4 heteroatoms. The zero-order valence-electron chi connectivity index (χ0n) is 13.8. The second-order valence-electron chi connectivity index (χ2n) is 6.55. The van der Waals surface area contributed by atoms with Crippen molar-refractivity contribution in [2.45, 2.75) is 33.1 Å². The maximum absolute atomic E-state index is 10.8. The molecule has 116 valence electrons. The number of nitro benzene ring substituents is 1. The van der Waals surface area contributed by atoms with Crippen LogP contribution in [0.3, 0.4) is 0 Å². The predicted octanol–water partition coefficient (Wildman–Crippen LogP) is 4.97. The molecule has 0 N–H and O–H groups in total. The van der Waals surface area contributed by atoms with E-state index >= 15 is 0 Å². The molecular formula is C18H22N2O2. The fraction of sp³-hybridized carbons (Fsp3) is 0.333. The normalized spacial score (nSPS) is 11.3. The Bertz CT molecular complexity index is 685. The minimum atomic E-state index is -0.377. The molecule has 0 aromatic heterocycles. The standard InChI is InChI=1S/C18H22N2O2/c1-13-7-6-8-16(18(2,3)4)17(13)19(5)14-9-11-15(12-10-14)20(21)22/h6-12H,1-5H3. The van der Waals surface area contributed by atoms with Crippen molar-refractivity contribution in [2.75, 3.05) is 11.9 Å². The van der Waals surface area contributed by atoms with Gasteiger partial charge in [-0.05, 0) is 35.6 Å². The molecule has 0 radical (unpaired) electrons. The molecule has 0 saturated heterocycles. The molecule has 4 nitrogen and oxygen atoms in total. The molecule has 2 rings (SSSR count). The Balaban J connectivity index is 2.49. The second-order valence-corrected chi connectivity index (χ2v) is 6.55. The van der Waals surface area contributed by atoms with Gasteiger partial charge in [-0.25, -0.2) is 0 Å². The highest BCUT2D eigenvalue weighted by Gasteiger charge is 2.22. The number of aryl methyl sites for hydroxylation is 1. The number of anilines is 2. The maximum atomic E-state index is 10.8. The van der Waals surface area contributed by atoms with Crippen LogP contribution in [0.2, 0.25) is 0 Å². The van der Waals surface area contributed by atoms with Crippen LogP contribution in [0.1, 0.15) is 31.9 Å². The first-order valence-electron chi connectivity index (χ1n) is 7.30. The van der Waals surface area contributed by atoms with Gasteiger partial charge in [0.05, 0.1) is 4.92 Å². The summed E-state index contributed by atoms with van der Waals surface area (Å²) >= 11 is 0. The highest BCUT2D eigenvalue weighted by atomic mass is 16.6. The summed E-state index contributed by atoms with van der Waals surface area (Å²) < 4.78 is 0. The fourth-order valence-corrected chi connectivity index (χ4v) is 2.64. The van der Waals surface area contributed by atoms with Gasteiger partial charge in [-0.1, -0.05) is 39.0 Å². The summed E-state index contributed by atoms with van der Waals surface area (Å²) in [6.07, 6.45) is 0. The van der Waals surface area contributed by atoms with Gasteiger partial charge in [0.15, 0.2) is 0 Å². The van der Waals surface area contributed by atoms with E-state index in [1.807, 2.05) is 7.05 Å². The van der Waals surface area contributed by atoms with Crippen molar-refractivity contribution in [3.05, 3.63) is 63.7 Å². The summed E-state index contributed by atoms with van der Waals surface area (Å²) in [6, 6.07) is 13.0. The molecule has 2 aromatic rings. The van der Waals surface area contributed by atoms with Gasteiger partial charge in [-0.2, -0.15) is 0 Å². The number of hydrogen-bond acceptors (Lipinski definition) is 3. The molecule has 0 amide bonds. The monoisotopic (exact) mass is 298 g/mol. The van der Waals surface area contributed by atoms with E-state index < -0.39 is 0 Å². The van der Waals surface area contributed by atoms with Gasteiger partial charge in [-0.3, -0.25) is 10.1 Å². The Labute approximate surface area is 131 Å². The first-order chi connectivity index (χ1) is 10.2. The van der Waals surface area contributed by atoms with Gasteiger partial charge in [0.25, 0.3) is 5.69 Å². The van der Waals surface area contributed by atoms with Crippen molar-refractivity contribution in [1.29, 1.82) is 0 Å². The molecular weight excluding hydrogens is 276 g/mol. The van der Waals surface area contributed by atoms with Crippen molar-refractivity contribution >= 4 is 17.1 Å². The van der Waals surface area contributed by atoms with Gasteiger partial charge < -0.3 is 4.90 Å². The summed E-state index contributed by atoms with van der Waals surface area (Å²) in [5.74, 6) is 0. The SMILES string of the molecule is Cc1cccc(C(C)(C)C)c1N(C)c1ccc([N+](=O)[O-])cc1. The van der Waals surface area contributed by atoms with E-state index in [0.29, 0.717) is 0 Å². The molecule has 0 spiro atoms. The molecule has 0 atom stereocenters. The average Bonchev–Trinajstić information content (AvgIpc) is 2.45. The molecule has 0 heterocycles. The third kappa shape index (κ3) is 3.11. The summed E-state index contributed by atoms with van der Waals surface area (Å²) in [7, 11) is 2.00. The molecule has 0 saturated carbocycles. The number of para-hydroxylation sites is 1. The Morgan fingerprint density at radius 3 is 2.14 bits per heavy atom. The van der Waals surface area contributed by atoms with Crippen LogP contribution in [-0.2, 0) is 5.41 Å². The Kier molecular flexibility index (Phi) is 4.22. The predicted molar refractivity (Wildman–Crippen MR) is 91.0 cm³/mol. The molecule has 0 aliphatic carbocycles. The van der Waals surface area contributed by atoms with Crippen LogP contribution < -0.4 is 4.90 Å². The number of rotatable bonds is 3. The smallest absolute Gasteiger partial charge is 0.269 e. The summed E-state index contributed by atoms with van der Waals surface area (Å²) in [5, 5.41) is 10.8. The van der Waals surface area contributed by atoms with E-state index in [2.05, 4.69) is 50.8 Å². The van der Waals surface area contributed by atoms with E-state index in [1.54, 1.807) is 24.3 Å². The zero-order valence-corrected chi connectivity index (χ0v) is 13.8. The van der Waals surface area contributed by atoms with Gasteiger partial charge in [0.2, 0.25) is 0 Å². The lowest BCUT2D eigenvalue weighted by atomic mass is 9.84. The number of nitrogens with zero attached hydrogens (tertiary/aromatic N) is 2. The summed E-state index contributed by atoms with van der Waals surface area (Å²) in [5.41, 5.74) is 4.67. The minimum absolute atomic E-state index is 0.0242. The highest BCUT2D eigenvalue weighted by Crippen LogP contribution is 2.37. The number of non-ortho nitro benzene ring substituents is 1. The molecule has 0 bridgehead atoms. The lowest BCUT2D eigenvalue weighted by Gasteiger charge is -2.30. The largest absolute Gasteiger partial charge is 0.344 e. The van der Waals surface area contributed by atoms with Crippen LogP contribution in [0.15, 0.2) is 42.5 Å². The second kappa shape index (κ2) is 5.79. The fourth-order valence-electron chi connectivity index (χ4n) is 2.64. The first-order valence-corrected chi connectivity index (χ1v) is 7.30. The van der Waals surface area contributed by atoms with Crippen molar-refractivity contribution in [3.8, 4) is 0 Å². The minimum Gasteiger partial charge on any atom is -0.344 e. The van der Waals surface area contributed by atoms with Gasteiger partial charge >= 0.3 is 0 Å². The lowest BCUT2D eigenvalue weighted by molar-refractivity contribution is -0.384. The molecule has 0 aliphatic rings. The molecule has 2 aromatic carbocycles. The van der Waals surface area contributed by atoms with Gasteiger partial charge in [-0.15, -0.1) is 0 Å². The van der Waals surface area contributed by atoms with Crippen LogP contribution in [0.4, 0.5) is 17.1 Å². The average molecular weight is 298 g/mol. The maximum Gasteiger partial charge on any atom is 0.269 e. The van der Waals surface area contributed by atoms with Crippen molar-refractivity contribution in [2.24, 2.45) is 0 Å². The van der Waals surface area contributed by atoms with Crippen molar-refractivity contribution in [3.63, 3.8) is 0 Å². The van der Waals surface area contributed by atoms with E-state index in [1.165, 1.54) is 11.1 Å². The first kappa shape index (κ1) is 16.0. The molecule has 0 fully saturated rings. The quantitative estimate of drug-likeness (QED) is 0.593. The van der Waals surface area contributed by atoms with Crippen LogP contribution in [-0.4, -0.2) is 12.0 Å². The summed E-state index contributed by atoms with van der Waals surface area (Å²) in [6.45, 7) is 8.66. The third-order valence-electron chi connectivity index (χ3n) is 3.83. The van der Waals surface area contributed by atoms with Crippen LogP contribution in [0.5, 0.6) is 0 Å². The van der Waals surface area contributed by atoms with Crippen LogP contribution >= 0.6 is 0 Å². The Hall–Kier alpha value is -2.36. The van der Waals surface area contributed by atoms with Crippen LogP contribution in [0.25, 0.3) is 0 Å². The lowest BCUT2D eigenvalue weighted by Crippen LogP contribution is -2.20. The van der Waals surface area contributed by atoms with E-state index in [0.717, 1.165) is 11.4 Å². The van der Waals surface area contributed by atoms with E-state index in [-0.39, 0.29) is 16.0 Å². The van der Waals surface area contributed by atoms with Crippen molar-refractivity contribution in [1.82, 2.24) is 0 Å². The Morgan fingerprint density at radius 2 is 1.64 bits per heavy atom. The summed E-state index contributed by atoms with van der Waals surface area (Å²) in [4.78, 5) is 12.5. The number of nitro groups is 1. The highest BCUT2D eigenvalue weighted by molar-refractivity contribution is 5.71. The number of hydrogen-bond donors (Lipinski definition) is 0. The van der Waals surface area contributed by atoms with Gasteiger partial charge in [0.1, 0.15) is 0 Å². The third-order valence-corrected chi connectivity index (χ3v) is 3.83. The molecule has 0 unspecified atom stereocenters. The number of benzene rings is 2.